The van der Waals surface area contributed by atoms with Crippen LogP contribution in [0.15, 0.2) is 0 Å². The first-order valence-electron chi connectivity index (χ1n) is 8.78. The number of carboxylic acid groups (broad SMARTS) is 1. The number of hydrogen-bond acceptors (Lipinski definition) is 8. The number of carbonyl (C=O) groups excluding carboxylic acids is 2. The molecular formula is C17H26NO8-. The van der Waals surface area contributed by atoms with Crippen molar-refractivity contribution in [2.45, 2.75) is 89.9 Å². The molecule has 0 saturated carbocycles. The molecule has 0 aromatic heterocycles. The van der Waals surface area contributed by atoms with Crippen molar-refractivity contribution >= 4 is 11.9 Å². The fraction of sp³-hybridized carbons (Fsp3) is 0.882. The van der Waals surface area contributed by atoms with Gasteiger partial charge in [-0.25, -0.2) is 0 Å². The van der Waals surface area contributed by atoms with E-state index < -0.39 is 60.2 Å². The lowest BCUT2D eigenvalue weighted by atomic mass is 9.97. The summed E-state index contributed by atoms with van der Waals surface area (Å²) in [6.07, 6.45) is -3.80. The summed E-state index contributed by atoms with van der Waals surface area (Å²) in [5, 5.41) is 13.8. The van der Waals surface area contributed by atoms with Crippen molar-refractivity contribution in [2.75, 3.05) is 0 Å². The molecule has 3 rings (SSSR count). The smallest absolute Gasteiger partial charge is 0.252 e. The SMILES string of the molecule is CC(C)[C@H](NC(=O)[C@H]1O[C@@H]2OC(C)(C)O[C@@H]2[C@H]2OC(C)(C)O[C@H]21)C(=O)[O-]. The molecule has 1 amide bonds. The van der Waals surface area contributed by atoms with E-state index >= 15 is 0 Å². The molecular weight excluding hydrogens is 346 g/mol. The molecule has 3 fully saturated rings. The second-order valence-corrected chi connectivity index (χ2v) is 8.14. The molecule has 26 heavy (non-hydrogen) atoms. The molecule has 0 aromatic rings. The Bertz CT molecular complexity index is 589. The third kappa shape index (κ3) is 3.59. The van der Waals surface area contributed by atoms with Gasteiger partial charge in [0, 0.05) is 0 Å². The van der Waals surface area contributed by atoms with Crippen molar-refractivity contribution < 1.29 is 38.4 Å². The summed E-state index contributed by atoms with van der Waals surface area (Å²) < 4.78 is 29.2. The van der Waals surface area contributed by atoms with Crippen LogP contribution in [0.4, 0.5) is 0 Å². The molecule has 3 saturated heterocycles. The fourth-order valence-corrected chi connectivity index (χ4v) is 3.56. The predicted octanol–water partition coefficient (Wildman–Crippen LogP) is -0.726. The van der Waals surface area contributed by atoms with Gasteiger partial charge in [0.25, 0.3) is 5.91 Å². The third-order valence-electron chi connectivity index (χ3n) is 4.63. The topological polar surface area (TPSA) is 115 Å². The monoisotopic (exact) mass is 372 g/mol. The normalized spacial score (nSPS) is 38.5. The molecule has 0 unspecified atom stereocenters. The number of aliphatic carboxylic acids is 1. The number of carbonyl (C=O) groups is 2. The zero-order chi connectivity index (χ0) is 19.4. The van der Waals surface area contributed by atoms with Crippen molar-refractivity contribution in [3.05, 3.63) is 0 Å². The summed E-state index contributed by atoms with van der Waals surface area (Å²) in [5.74, 6) is -4.15. The average molecular weight is 372 g/mol. The highest BCUT2D eigenvalue weighted by Gasteiger charge is 2.62. The molecule has 0 spiro atoms. The maximum Gasteiger partial charge on any atom is 0.252 e. The lowest BCUT2D eigenvalue weighted by Gasteiger charge is -2.37. The highest BCUT2D eigenvalue weighted by Crippen LogP contribution is 2.44. The van der Waals surface area contributed by atoms with Gasteiger partial charge in [0.15, 0.2) is 24.0 Å². The average Bonchev–Trinajstić information content (AvgIpc) is 2.96. The van der Waals surface area contributed by atoms with E-state index in [1.54, 1.807) is 41.5 Å². The molecule has 0 aliphatic carbocycles. The number of amides is 1. The first-order chi connectivity index (χ1) is 11.9. The van der Waals surface area contributed by atoms with E-state index in [2.05, 4.69) is 5.32 Å². The Hall–Kier alpha value is -1.26. The van der Waals surface area contributed by atoms with E-state index in [0.717, 1.165) is 0 Å². The zero-order valence-corrected chi connectivity index (χ0v) is 15.8. The van der Waals surface area contributed by atoms with Crippen molar-refractivity contribution in [2.24, 2.45) is 5.92 Å². The largest absolute Gasteiger partial charge is 0.548 e. The molecule has 0 bridgehead atoms. The van der Waals surface area contributed by atoms with E-state index in [-0.39, 0.29) is 5.92 Å². The molecule has 1 N–H and O–H groups in total. The van der Waals surface area contributed by atoms with Gasteiger partial charge in [-0.1, -0.05) is 13.8 Å². The van der Waals surface area contributed by atoms with Crippen LogP contribution in [-0.4, -0.2) is 60.2 Å². The summed E-state index contributed by atoms with van der Waals surface area (Å²) in [4.78, 5) is 24.1. The van der Waals surface area contributed by atoms with E-state index in [9.17, 15) is 14.7 Å². The van der Waals surface area contributed by atoms with Gasteiger partial charge < -0.3 is 38.9 Å². The summed E-state index contributed by atoms with van der Waals surface area (Å²) >= 11 is 0. The van der Waals surface area contributed by atoms with Gasteiger partial charge in [-0.15, -0.1) is 0 Å². The molecule has 3 aliphatic heterocycles. The third-order valence-corrected chi connectivity index (χ3v) is 4.63. The Morgan fingerprint density at radius 3 is 2.04 bits per heavy atom. The molecule has 0 aromatic carbocycles. The number of rotatable bonds is 4. The van der Waals surface area contributed by atoms with E-state index in [1.807, 2.05) is 0 Å². The first kappa shape index (κ1) is 19.5. The van der Waals surface area contributed by atoms with Gasteiger partial charge in [0.2, 0.25) is 0 Å². The highest BCUT2D eigenvalue weighted by molar-refractivity contribution is 5.86. The van der Waals surface area contributed by atoms with E-state index in [4.69, 9.17) is 23.7 Å². The first-order valence-corrected chi connectivity index (χ1v) is 8.78. The Morgan fingerprint density at radius 1 is 0.923 bits per heavy atom. The van der Waals surface area contributed by atoms with Gasteiger partial charge in [-0.2, -0.15) is 0 Å². The molecule has 9 nitrogen and oxygen atoms in total. The van der Waals surface area contributed by atoms with Gasteiger partial charge >= 0.3 is 0 Å². The van der Waals surface area contributed by atoms with E-state index in [1.165, 1.54) is 0 Å². The quantitative estimate of drug-likeness (QED) is 0.687. The number of fused-ring (bicyclic) bond motifs is 3. The predicted molar refractivity (Wildman–Crippen MR) is 84.3 cm³/mol. The van der Waals surface area contributed by atoms with Crippen LogP contribution in [0.1, 0.15) is 41.5 Å². The molecule has 148 valence electrons. The molecule has 9 heteroatoms. The van der Waals surface area contributed by atoms with Crippen molar-refractivity contribution in [1.29, 1.82) is 0 Å². The van der Waals surface area contributed by atoms with Crippen LogP contribution in [0.2, 0.25) is 0 Å². The fourth-order valence-electron chi connectivity index (χ4n) is 3.56. The van der Waals surface area contributed by atoms with Gasteiger partial charge in [-0.3, -0.25) is 4.79 Å². The van der Waals surface area contributed by atoms with Gasteiger partial charge in [0.05, 0.1) is 12.0 Å². The molecule has 0 radical (unpaired) electrons. The van der Waals surface area contributed by atoms with Crippen LogP contribution in [0, 0.1) is 5.92 Å². The minimum absolute atomic E-state index is 0.349. The van der Waals surface area contributed by atoms with Gasteiger partial charge in [0.1, 0.15) is 18.3 Å². The van der Waals surface area contributed by atoms with Crippen LogP contribution in [0.5, 0.6) is 0 Å². The Balaban J connectivity index is 1.82. The minimum atomic E-state index is -1.36. The summed E-state index contributed by atoms with van der Waals surface area (Å²) in [6, 6.07) is -1.14. The van der Waals surface area contributed by atoms with Crippen molar-refractivity contribution in [3.8, 4) is 0 Å². The molecule has 6 atom stereocenters. The second kappa shape index (κ2) is 6.42. The lowest BCUT2D eigenvalue weighted by molar-refractivity contribution is -0.309. The number of ether oxygens (including phenoxy) is 5. The maximum absolute atomic E-state index is 12.8. The standard InChI is InChI=1S/C17H27NO8/c1-7(2)8(14(20)21)18-13(19)11-9-10(24-16(3,4)23-9)12-15(22-11)26-17(5,6)25-12/h7-12,15H,1-6H3,(H,18,19)(H,20,21)/p-1/t8-,9+,10-,11-,12+,15+/m0/s1. The maximum atomic E-state index is 12.8. The van der Waals surface area contributed by atoms with Gasteiger partial charge in [-0.05, 0) is 33.6 Å². The summed E-state index contributed by atoms with van der Waals surface area (Å²) in [5.41, 5.74) is 0. The van der Waals surface area contributed by atoms with Crippen molar-refractivity contribution in [3.63, 3.8) is 0 Å². The summed E-state index contributed by atoms with van der Waals surface area (Å²) in [7, 11) is 0. The number of carboxylic acids is 1. The Morgan fingerprint density at radius 2 is 1.46 bits per heavy atom. The number of hydrogen-bond donors (Lipinski definition) is 1. The number of nitrogens with one attached hydrogen (secondary N) is 1. The molecule has 3 aliphatic rings. The van der Waals surface area contributed by atoms with Crippen LogP contribution >= 0.6 is 0 Å². The van der Waals surface area contributed by atoms with Crippen LogP contribution in [-0.2, 0) is 33.3 Å². The summed E-state index contributed by atoms with van der Waals surface area (Å²) in [6.45, 7) is 10.3. The highest BCUT2D eigenvalue weighted by atomic mass is 16.9. The van der Waals surface area contributed by atoms with Crippen molar-refractivity contribution in [1.82, 2.24) is 5.32 Å². The Labute approximate surface area is 152 Å². The molecule has 3 heterocycles. The Kier molecular flexibility index (Phi) is 4.81. The lowest BCUT2D eigenvalue weighted by Crippen LogP contribution is -2.62. The second-order valence-electron chi connectivity index (χ2n) is 8.14. The van der Waals surface area contributed by atoms with Crippen LogP contribution in [0.25, 0.3) is 0 Å². The zero-order valence-electron chi connectivity index (χ0n) is 15.8. The van der Waals surface area contributed by atoms with Crippen LogP contribution in [0.3, 0.4) is 0 Å². The van der Waals surface area contributed by atoms with E-state index in [0.29, 0.717) is 0 Å². The minimum Gasteiger partial charge on any atom is -0.548 e. The van der Waals surface area contributed by atoms with Crippen LogP contribution < -0.4 is 10.4 Å².